The lowest BCUT2D eigenvalue weighted by Crippen LogP contribution is -2.17. The van der Waals surface area contributed by atoms with Crippen LogP contribution in [0.3, 0.4) is 0 Å². The molecule has 0 amide bonds. The van der Waals surface area contributed by atoms with Crippen LogP contribution in [-0.2, 0) is 0 Å². The summed E-state index contributed by atoms with van der Waals surface area (Å²) in [5.74, 6) is 2.45. The molecule has 1 radical (unpaired) electrons. The number of hydrogen-bond donors (Lipinski definition) is 0. The van der Waals surface area contributed by atoms with Gasteiger partial charge >= 0.3 is 0 Å². The van der Waals surface area contributed by atoms with Gasteiger partial charge in [-0.1, -0.05) is 0 Å². The smallest absolute Gasteiger partial charge is 0.150 e. The van der Waals surface area contributed by atoms with Crippen molar-refractivity contribution in [2.45, 2.75) is 37.8 Å². The van der Waals surface area contributed by atoms with Crippen LogP contribution in [0.4, 0.5) is 0 Å². The first-order valence-electron chi connectivity index (χ1n) is 4.18. The van der Waals surface area contributed by atoms with Crippen LogP contribution in [0.15, 0.2) is 0 Å². The molecule has 3 aliphatic rings. The monoisotopic (exact) mass is 135 g/mol. The Hall–Kier alpha value is -0.400. The SMILES string of the molecule is [N-]=[N+]1C2C[C]3CCC(C2)C31. The summed E-state index contributed by atoms with van der Waals surface area (Å²) in [6, 6.07) is 0.998. The van der Waals surface area contributed by atoms with E-state index in [0.29, 0.717) is 12.1 Å². The lowest BCUT2D eigenvalue weighted by atomic mass is 9.89. The van der Waals surface area contributed by atoms with Crippen molar-refractivity contribution in [2.24, 2.45) is 5.92 Å². The van der Waals surface area contributed by atoms with Crippen LogP contribution in [0.5, 0.6) is 0 Å². The number of fused-ring (bicyclic) bond motifs is 1. The highest BCUT2D eigenvalue weighted by atomic mass is 15.3. The summed E-state index contributed by atoms with van der Waals surface area (Å²) >= 11 is 0. The molecule has 2 aliphatic heterocycles. The van der Waals surface area contributed by atoms with Gasteiger partial charge in [0.1, 0.15) is 6.04 Å². The Kier molecular flexibility index (Phi) is 0.758. The first-order valence-corrected chi connectivity index (χ1v) is 4.18. The first kappa shape index (κ1) is 5.28. The fraction of sp³-hybridized carbons (Fsp3) is 0.875. The standard InChI is InChI=1S/C8H11N2/c9-10-7-3-5-1-2-6(4-7)8(5)10/h5,7-8H,1-4H2. The molecule has 53 valence electrons. The van der Waals surface area contributed by atoms with Crippen LogP contribution in [0, 0.1) is 11.8 Å². The molecule has 0 spiro atoms. The summed E-state index contributed by atoms with van der Waals surface area (Å²) in [6.07, 6.45) is 5.08. The third-order valence-corrected chi connectivity index (χ3v) is 3.43. The second kappa shape index (κ2) is 1.44. The minimum Gasteiger partial charge on any atom is -0.506 e. The highest BCUT2D eigenvalue weighted by Gasteiger charge is 2.57. The predicted octanol–water partition coefficient (Wildman–Crippen LogP) is 1.55. The zero-order valence-corrected chi connectivity index (χ0v) is 5.95. The number of nitrogens with zero attached hydrogens (tertiary/aromatic N) is 2. The molecule has 3 atom stereocenters. The van der Waals surface area contributed by atoms with Crippen molar-refractivity contribution < 1.29 is 4.70 Å². The summed E-state index contributed by atoms with van der Waals surface area (Å²) in [4.78, 5) is 0. The third-order valence-electron chi connectivity index (χ3n) is 3.43. The van der Waals surface area contributed by atoms with Crippen LogP contribution < -0.4 is 0 Å². The van der Waals surface area contributed by atoms with Crippen LogP contribution in [-0.4, -0.2) is 16.8 Å². The van der Waals surface area contributed by atoms with Crippen molar-refractivity contribution in [3.8, 4) is 0 Å². The van der Waals surface area contributed by atoms with E-state index < -0.39 is 0 Å². The summed E-state index contributed by atoms with van der Waals surface area (Å²) in [5.41, 5.74) is 9.52. The lowest BCUT2D eigenvalue weighted by Gasteiger charge is -2.08. The quantitative estimate of drug-likeness (QED) is 0.450. The predicted molar refractivity (Wildman–Crippen MR) is 36.4 cm³/mol. The van der Waals surface area contributed by atoms with Crippen LogP contribution >= 0.6 is 0 Å². The molecular weight excluding hydrogens is 124 g/mol. The second-order valence-electron chi connectivity index (χ2n) is 3.88. The van der Waals surface area contributed by atoms with Crippen molar-refractivity contribution in [3.05, 3.63) is 11.4 Å². The normalized spacial score (nSPS) is 51.2. The van der Waals surface area contributed by atoms with E-state index in [2.05, 4.69) is 0 Å². The third kappa shape index (κ3) is 0.405. The number of rotatable bonds is 0. The van der Waals surface area contributed by atoms with E-state index in [9.17, 15) is 5.53 Å². The Morgan fingerprint density at radius 2 is 2.40 bits per heavy atom. The molecule has 3 fully saturated rings. The highest BCUT2D eigenvalue weighted by molar-refractivity contribution is 5.15. The molecule has 2 bridgehead atoms. The molecule has 1 aliphatic carbocycles. The molecule has 10 heavy (non-hydrogen) atoms. The van der Waals surface area contributed by atoms with E-state index in [4.69, 9.17) is 0 Å². The van der Waals surface area contributed by atoms with E-state index in [1.54, 1.807) is 10.6 Å². The Labute approximate surface area is 60.7 Å². The summed E-state index contributed by atoms with van der Waals surface area (Å²) in [5, 5.41) is 0. The molecule has 0 aromatic carbocycles. The molecule has 2 saturated heterocycles. The Bertz CT molecular complexity index is 185. The fourth-order valence-corrected chi connectivity index (χ4v) is 3.05. The number of hydrogen-bond acceptors (Lipinski definition) is 0. The van der Waals surface area contributed by atoms with E-state index in [0.717, 1.165) is 5.92 Å². The summed E-state index contributed by atoms with van der Waals surface area (Å²) < 4.78 is 1.62. The molecule has 3 unspecified atom stereocenters. The van der Waals surface area contributed by atoms with E-state index >= 15 is 0 Å². The minimum atomic E-state index is 0.491. The summed E-state index contributed by atoms with van der Waals surface area (Å²) in [6.45, 7) is 0. The average Bonchev–Trinajstić information content (AvgIpc) is 2.44. The lowest BCUT2D eigenvalue weighted by molar-refractivity contribution is -0.576. The van der Waals surface area contributed by atoms with Crippen LogP contribution in [0.2, 0.25) is 0 Å². The molecule has 0 aromatic rings. The Morgan fingerprint density at radius 3 is 3.00 bits per heavy atom. The van der Waals surface area contributed by atoms with Gasteiger partial charge < -0.3 is 10.2 Å². The highest BCUT2D eigenvalue weighted by Crippen LogP contribution is 2.52. The van der Waals surface area contributed by atoms with Crippen molar-refractivity contribution in [2.75, 3.05) is 0 Å². The fourth-order valence-electron chi connectivity index (χ4n) is 3.05. The van der Waals surface area contributed by atoms with Gasteiger partial charge in [-0.3, -0.25) is 0 Å². The van der Waals surface area contributed by atoms with Crippen LogP contribution in [0.1, 0.15) is 25.7 Å². The van der Waals surface area contributed by atoms with E-state index in [-0.39, 0.29) is 0 Å². The van der Waals surface area contributed by atoms with Gasteiger partial charge in [-0.15, -0.1) is 0 Å². The maximum absolute atomic E-state index is 9.52. The molecular formula is C8H11N2. The Balaban J connectivity index is 2.09. The van der Waals surface area contributed by atoms with Gasteiger partial charge in [0, 0.05) is 24.7 Å². The van der Waals surface area contributed by atoms with E-state index in [1.165, 1.54) is 25.7 Å². The largest absolute Gasteiger partial charge is 0.506 e. The molecule has 2 heteroatoms. The zero-order chi connectivity index (χ0) is 6.72. The first-order chi connectivity index (χ1) is 4.86. The molecule has 2 nitrogen and oxygen atoms in total. The molecule has 0 N–H and O–H groups in total. The average molecular weight is 135 g/mol. The van der Waals surface area contributed by atoms with Crippen molar-refractivity contribution >= 4 is 0 Å². The topological polar surface area (TPSA) is 25.3 Å². The van der Waals surface area contributed by atoms with Crippen LogP contribution in [0.25, 0.3) is 5.53 Å². The Morgan fingerprint density at radius 1 is 1.50 bits per heavy atom. The molecule has 1 saturated carbocycles. The van der Waals surface area contributed by atoms with Gasteiger partial charge in [-0.05, 0) is 12.8 Å². The maximum atomic E-state index is 9.52. The maximum Gasteiger partial charge on any atom is 0.150 e. The minimum absolute atomic E-state index is 0.491. The van der Waals surface area contributed by atoms with Crippen molar-refractivity contribution in [1.29, 1.82) is 0 Å². The van der Waals surface area contributed by atoms with Gasteiger partial charge in [0.25, 0.3) is 0 Å². The van der Waals surface area contributed by atoms with Gasteiger partial charge in [-0.25, -0.2) is 0 Å². The molecule has 0 aromatic heterocycles. The van der Waals surface area contributed by atoms with Gasteiger partial charge in [-0.2, -0.15) is 0 Å². The van der Waals surface area contributed by atoms with Gasteiger partial charge in [0.15, 0.2) is 6.04 Å². The zero-order valence-electron chi connectivity index (χ0n) is 5.95. The van der Waals surface area contributed by atoms with E-state index in [1.807, 2.05) is 0 Å². The van der Waals surface area contributed by atoms with Gasteiger partial charge in [0.05, 0.1) is 0 Å². The van der Waals surface area contributed by atoms with Crippen molar-refractivity contribution in [1.82, 2.24) is 0 Å². The van der Waals surface area contributed by atoms with Crippen molar-refractivity contribution in [3.63, 3.8) is 0 Å². The second-order valence-corrected chi connectivity index (χ2v) is 3.88. The van der Waals surface area contributed by atoms with Gasteiger partial charge in [0.2, 0.25) is 0 Å². The summed E-state index contributed by atoms with van der Waals surface area (Å²) in [7, 11) is 0. The molecule has 2 heterocycles. The molecule has 3 rings (SSSR count).